The Balaban J connectivity index is 2.57. The summed E-state index contributed by atoms with van der Waals surface area (Å²) in [6.07, 6.45) is 0. The van der Waals surface area contributed by atoms with E-state index in [0.29, 0.717) is 5.65 Å². The average molecular weight is 202 g/mol. The van der Waals surface area contributed by atoms with Crippen molar-refractivity contribution >= 4 is 11.3 Å². The minimum atomic E-state index is 0.241. The van der Waals surface area contributed by atoms with Crippen molar-refractivity contribution in [3.05, 3.63) is 17.6 Å². The Kier molecular flexibility index (Phi) is 2.21. The van der Waals surface area contributed by atoms with Crippen LogP contribution in [0.5, 0.6) is 0 Å². The minimum Gasteiger partial charge on any atom is -0.369 e. The predicted octanol–water partition coefficient (Wildman–Crippen LogP) is 0.677. The molecular formula is C9H10N6. The molecule has 76 valence electrons. The first-order valence-electron chi connectivity index (χ1n) is 4.53. The summed E-state index contributed by atoms with van der Waals surface area (Å²) in [6, 6.07) is 3.87. The normalized spacial score (nSPS) is 10.2. The standard InChI is InChI=1S/C9H10N6/c1-6-5-8(11-4-3-10)9-13-12-7(2)15(9)14-6/h5,11H,4H2,1-2H3. The van der Waals surface area contributed by atoms with Crippen LogP contribution in [0.1, 0.15) is 11.5 Å². The van der Waals surface area contributed by atoms with Gasteiger partial charge in [-0.05, 0) is 19.9 Å². The highest BCUT2D eigenvalue weighted by Crippen LogP contribution is 2.15. The molecule has 2 aromatic heterocycles. The maximum Gasteiger partial charge on any atom is 0.200 e. The van der Waals surface area contributed by atoms with Crippen molar-refractivity contribution in [1.29, 1.82) is 5.26 Å². The minimum absolute atomic E-state index is 0.241. The molecule has 2 heterocycles. The molecule has 0 radical (unpaired) electrons. The van der Waals surface area contributed by atoms with Gasteiger partial charge in [-0.1, -0.05) is 0 Å². The van der Waals surface area contributed by atoms with Crippen molar-refractivity contribution in [2.45, 2.75) is 13.8 Å². The zero-order valence-corrected chi connectivity index (χ0v) is 8.52. The molecule has 6 nitrogen and oxygen atoms in total. The molecule has 0 atom stereocenters. The highest BCUT2D eigenvalue weighted by atomic mass is 15.4. The molecule has 0 aliphatic rings. The molecule has 0 saturated heterocycles. The Morgan fingerprint density at radius 2 is 2.27 bits per heavy atom. The first kappa shape index (κ1) is 9.40. The van der Waals surface area contributed by atoms with Gasteiger partial charge < -0.3 is 5.32 Å². The molecule has 1 N–H and O–H groups in total. The third kappa shape index (κ3) is 1.59. The topological polar surface area (TPSA) is 78.9 Å². The number of anilines is 1. The van der Waals surface area contributed by atoms with Crippen LogP contribution >= 0.6 is 0 Å². The first-order valence-corrected chi connectivity index (χ1v) is 4.53. The second-order valence-electron chi connectivity index (χ2n) is 3.19. The summed E-state index contributed by atoms with van der Waals surface area (Å²) in [5.41, 5.74) is 2.28. The van der Waals surface area contributed by atoms with Crippen molar-refractivity contribution in [2.75, 3.05) is 11.9 Å². The number of nitrogens with one attached hydrogen (secondary N) is 1. The highest BCUT2D eigenvalue weighted by Gasteiger charge is 2.08. The highest BCUT2D eigenvalue weighted by molar-refractivity contribution is 5.67. The van der Waals surface area contributed by atoms with Crippen molar-refractivity contribution in [3.63, 3.8) is 0 Å². The number of aromatic nitrogens is 4. The summed E-state index contributed by atoms with van der Waals surface area (Å²) in [5.74, 6) is 0.730. The van der Waals surface area contributed by atoms with E-state index >= 15 is 0 Å². The van der Waals surface area contributed by atoms with Gasteiger partial charge in [0.2, 0.25) is 5.65 Å². The second kappa shape index (κ2) is 3.53. The van der Waals surface area contributed by atoms with Gasteiger partial charge in [-0.25, -0.2) is 0 Å². The predicted molar refractivity (Wildman–Crippen MR) is 54.4 cm³/mol. The van der Waals surface area contributed by atoms with E-state index in [4.69, 9.17) is 5.26 Å². The SMILES string of the molecule is Cc1cc(NCC#N)c2nnc(C)n2n1. The number of hydrogen-bond acceptors (Lipinski definition) is 5. The smallest absolute Gasteiger partial charge is 0.200 e. The second-order valence-corrected chi connectivity index (χ2v) is 3.19. The van der Waals surface area contributed by atoms with E-state index in [1.807, 2.05) is 26.0 Å². The fraction of sp³-hybridized carbons (Fsp3) is 0.333. The van der Waals surface area contributed by atoms with Crippen LogP contribution in [-0.4, -0.2) is 26.4 Å². The first-order chi connectivity index (χ1) is 7.22. The zero-order chi connectivity index (χ0) is 10.8. The van der Waals surface area contributed by atoms with Crippen LogP contribution in [0.25, 0.3) is 5.65 Å². The van der Waals surface area contributed by atoms with Gasteiger partial charge in [0.05, 0.1) is 17.5 Å². The molecule has 0 aliphatic heterocycles. The lowest BCUT2D eigenvalue weighted by Gasteiger charge is -2.04. The average Bonchev–Trinajstić information content (AvgIpc) is 2.57. The van der Waals surface area contributed by atoms with E-state index in [2.05, 4.69) is 20.6 Å². The third-order valence-corrected chi connectivity index (χ3v) is 2.01. The molecule has 0 aliphatic carbocycles. The number of nitrogens with zero attached hydrogens (tertiary/aromatic N) is 5. The number of aryl methyl sites for hydroxylation is 2. The van der Waals surface area contributed by atoms with E-state index in [-0.39, 0.29) is 6.54 Å². The zero-order valence-electron chi connectivity index (χ0n) is 8.52. The van der Waals surface area contributed by atoms with Crippen molar-refractivity contribution in [1.82, 2.24) is 19.8 Å². The number of rotatable bonds is 2. The molecule has 0 unspecified atom stereocenters. The molecule has 0 spiro atoms. The largest absolute Gasteiger partial charge is 0.369 e. The van der Waals surface area contributed by atoms with Gasteiger partial charge in [-0.3, -0.25) is 0 Å². The van der Waals surface area contributed by atoms with E-state index < -0.39 is 0 Å². The van der Waals surface area contributed by atoms with Crippen LogP contribution in [0.4, 0.5) is 5.69 Å². The molecule has 2 aromatic rings. The lowest BCUT2D eigenvalue weighted by Crippen LogP contribution is -2.04. The van der Waals surface area contributed by atoms with Gasteiger partial charge in [0.25, 0.3) is 0 Å². The summed E-state index contributed by atoms with van der Waals surface area (Å²) in [4.78, 5) is 0. The van der Waals surface area contributed by atoms with Crippen molar-refractivity contribution in [3.8, 4) is 6.07 Å². The van der Waals surface area contributed by atoms with Gasteiger partial charge in [-0.15, -0.1) is 10.2 Å². The van der Waals surface area contributed by atoms with Crippen LogP contribution in [-0.2, 0) is 0 Å². The third-order valence-electron chi connectivity index (χ3n) is 2.01. The fourth-order valence-electron chi connectivity index (χ4n) is 1.37. The summed E-state index contributed by atoms with van der Waals surface area (Å²) < 4.78 is 1.66. The van der Waals surface area contributed by atoms with Crippen LogP contribution in [0.3, 0.4) is 0 Å². The van der Waals surface area contributed by atoms with Gasteiger partial charge in [0.1, 0.15) is 6.54 Å². The Morgan fingerprint density at radius 1 is 1.47 bits per heavy atom. The van der Waals surface area contributed by atoms with Crippen LogP contribution in [0.15, 0.2) is 6.07 Å². The number of hydrogen-bond donors (Lipinski definition) is 1. The molecule has 0 bridgehead atoms. The summed E-state index contributed by atoms with van der Waals surface area (Å²) in [5, 5.41) is 23.7. The fourth-order valence-corrected chi connectivity index (χ4v) is 1.37. The van der Waals surface area contributed by atoms with Gasteiger partial charge in [0.15, 0.2) is 5.82 Å². The molecular weight excluding hydrogens is 192 g/mol. The maximum absolute atomic E-state index is 8.50. The monoisotopic (exact) mass is 202 g/mol. The van der Waals surface area contributed by atoms with Crippen LogP contribution in [0.2, 0.25) is 0 Å². The Morgan fingerprint density at radius 3 is 3.00 bits per heavy atom. The van der Waals surface area contributed by atoms with Crippen LogP contribution in [0, 0.1) is 25.2 Å². The lowest BCUT2D eigenvalue weighted by molar-refractivity contribution is 0.851. The molecule has 0 fully saturated rings. The Bertz CT molecular complexity index is 535. The molecule has 15 heavy (non-hydrogen) atoms. The molecule has 2 rings (SSSR count). The number of nitriles is 1. The molecule has 0 saturated carbocycles. The quantitative estimate of drug-likeness (QED) is 0.724. The van der Waals surface area contributed by atoms with E-state index in [1.165, 1.54) is 0 Å². The van der Waals surface area contributed by atoms with Crippen molar-refractivity contribution in [2.24, 2.45) is 0 Å². The van der Waals surface area contributed by atoms with Gasteiger partial charge in [0, 0.05) is 0 Å². The summed E-state index contributed by atoms with van der Waals surface area (Å²) in [6.45, 7) is 3.96. The number of fused-ring (bicyclic) bond motifs is 1. The van der Waals surface area contributed by atoms with E-state index in [0.717, 1.165) is 17.2 Å². The summed E-state index contributed by atoms with van der Waals surface area (Å²) in [7, 11) is 0. The Labute approximate surface area is 86.5 Å². The van der Waals surface area contributed by atoms with Crippen LogP contribution < -0.4 is 5.32 Å². The van der Waals surface area contributed by atoms with E-state index in [1.54, 1.807) is 4.52 Å². The van der Waals surface area contributed by atoms with Crippen molar-refractivity contribution < 1.29 is 0 Å². The van der Waals surface area contributed by atoms with Gasteiger partial charge >= 0.3 is 0 Å². The lowest BCUT2D eigenvalue weighted by atomic mass is 10.3. The van der Waals surface area contributed by atoms with E-state index in [9.17, 15) is 0 Å². The van der Waals surface area contributed by atoms with Gasteiger partial charge in [-0.2, -0.15) is 14.9 Å². The Hall–Kier alpha value is -2.16. The molecule has 0 amide bonds. The molecule has 0 aromatic carbocycles. The molecule has 6 heteroatoms. The maximum atomic E-state index is 8.50. The summed E-state index contributed by atoms with van der Waals surface area (Å²) >= 11 is 0.